The van der Waals surface area contributed by atoms with E-state index in [-0.39, 0.29) is 6.61 Å². The highest BCUT2D eigenvalue weighted by Gasteiger charge is 2.26. The van der Waals surface area contributed by atoms with Gasteiger partial charge in [-0.05, 0) is 25.7 Å². The third kappa shape index (κ3) is 2.84. The van der Waals surface area contributed by atoms with Crippen molar-refractivity contribution in [3.63, 3.8) is 0 Å². The molecule has 2 nitrogen and oxygen atoms in total. The fraction of sp³-hybridized carbons (Fsp3) is 0.800. The molecule has 0 amide bonds. The molecule has 2 heteroatoms. The van der Waals surface area contributed by atoms with Crippen LogP contribution in [0, 0.1) is 11.8 Å². The van der Waals surface area contributed by atoms with E-state index in [0.29, 0.717) is 6.42 Å². The summed E-state index contributed by atoms with van der Waals surface area (Å²) in [5.41, 5.74) is -0.743. The predicted molar refractivity (Wildman–Crippen MR) is 47.5 cm³/mol. The monoisotopic (exact) mass is 168 g/mol. The van der Waals surface area contributed by atoms with Crippen molar-refractivity contribution in [3.8, 4) is 11.8 Å². The van der Waals surface area contributed by atoms with Crippen molar-refractivity contribution in [3.05, 3.63) is 0 Å². The van der Waals surface area contributed by atoms with Gasteiger partial charge in [0.05, 0.1) is 6.61 Å². The molecule has 1 aliphatic carbocycles. The summed E-state index contributed by atoms with van der Waals surface area (Å²) >= 11 is 0. The summed E-state index contributed by atoms with van der Waals surface area (Å²) < 4.78 is 0. The number of hydrogen-bond acceptors (Lipinski definition) is 2. The van der Waals surface area contributed by atoms with Crippen LogP contribution in [0.2, 0.25) is 0 Å². The Kier molecular flexibility index (Phi) is 3.58. The third-order valence-electron chi connectivity index (χ3n) is 2.24. The minimum absolute atomic E-state index is 0.0864. The van der Waals surface area contributed by atoms with E-state index in [0.717, 1.165) is 25.7 Å². The van der Waals surface area contributed by atoms with Crippen LogP contribution in [-0.2, 0) is 0 Å². The number of rotatable bonds is 1. The Bertz CT molecular complexity index is 182. The van der Waals surface area contributed by atoms with Crippen LogP contribution in [0.4, 0.5) is 0 Å². The van der Waals surface area contributed by atoms with Gasteiger partial charge in [-0.3, -0.25) is 0 Å². The molecule has 0 atom stereocenters. The van der Waals surface area contributed by atoms with Crippen molar-refractivity contribution in [1.29, 1.82) is 0 Å². The molecule has 0 aliphatic heterocycles. The first-order chi connectivity index (χ1) is 5.77. The molecule has 0 aromatic heterocycles. The molecular weight excluding hydrogens is 152 g/mol. The number of aliphatic hydroxyl groups excluding tert-OH is 1. The molecule has 2 N–H and O–H groups in total. The Balaban J connectivity index is 2.42. The summed E-state index contributed by atoms with van der Waals surface area (Å²) in [7, 11) is 0. The number of aliphatic hydroxyl groups is 2. The SMILES string of the molecule is OCCC#CC1(O)CCCCC1. The average molecular weight is 168 g/mol. The van der Waals surface area contributed by atoms with E-state index >= 15 is 0 Å². The summed E-state index contributed by atoms with van der Waals surface area (Å²) in [4.78, 5) is 0. The Morgan fingerprint density at radius 3 is 2.42 bits per heavy atom. The molecular formula is C10H16O2. The molecule has 0 spiro atoms. The van der Waals surface area contributed by atoms with Crippen LogP contribution in [-0.4, -0.2) is 22.4 Å². The highest BCUT2D eigenvalue weighted by molar-refractivity contribution is 5.14. The molecule has 1 rings (SSSR count). The molecule has 12 heavy (non-hydrogen) atoms. The standard InChI is InChI=1S/C10H16O2/c11-9-5-4-8-10(12)6-2-1-3-7-10/h11-12H,1-3,5-7,9H2. The molecule has 1 fully saturated rings. The van der Waals surface area contributed by atoms with E-state index < -0.39 is 5.60 Å². The fourth-order valence-electron chi connectivity index (χ4n) is 1.54. The van der Waals surface area contributed by atoms with E-state index in [4.69, 9.17) is 5.11 Å². The first kappa shape index (κ1) is 9.57. The highest BCUT2D eigenvalue weighted by atomic mass is 16.3. The van der Waals surface area contributed by atoms with Crippen LogP contribution < -0.4 is 0 Å². The maximum Gasteiger partial charge on any atom is 0.125 e. The first-order valence-corrected chi connectivity index (χ1v) is 4.60. The Labute approximate surface area is 73.6 Å². The van der Waals surface area contributed by atoms with Crippen LogP contribution >= 0.6 is 0 Å². The Morgan fingerprint density at radius 2 is 1.83 bits per heavy atom. The van der Waals surface area contributed by atoms with Crippen molar-refractivity contribution in [2.24, 2.45) is 0 Å². The lowest BCUT2D eigenvalue weighted by molar-refractivity contribution is 0.0609. The highest BCUT2D eigenvalue weighted by Crippen LogP contribution is 2.26. The van der Waals surface area contributed by atoms with Crippen molar-refractivity contribution in [2.75, 3.05) is 6.61 Å². The Morgan fingerprint density at radius 1 is 1.17 bits per heavy atom. The van der Waals surface area contributed by atoms with E-state index in [1.54, 1.807) is 0 Å². The van der Waals surface area contributed by atoms with Gasteiger partial charge in [0.15, 0.2) is 0 Å². The van der Waals surface area contributed by atoms with Crippen LogP contribution in [0.1, 0.15) is 38.5 Å². The van der Waals surface area contributed by atoms with Gasteiger partial charge in [-0.2, -0.15) is 0 Å². The molecule has 0 bridgehead atoms. The van der Waals surface area contributed by atoms with Crippen molar-refractivity contribution in [2.45, 2.75) is 44.1 Å². The topological polar surface area (TPSA) is 40.5 Å². The minimum Gasteiger partial charge on any atom is -0.395 e. The second-order valence-electron chi connectivity index (χ2n) is 3.37. The molecule has 68 valence electrons. The molecule has 1 saturated carbocycles. The zero-order valence-electron chi connectivity index (χ0n) is 7.34. The third-order valence-corrected chi connectivity index (χ3v) is 2.24. The number of hydrogen-bond donors (Lipinski definition) is 2. The molecule has 0 aromatic rings. The van der Waals surface area contributed by atoms with Crippen LogP contribution in [0.5, 0.6) is 0 Å². The summed E-state index contributed by atoms with van der Waals surface area (Å²) in [6, 6.07) is 0. The average Bonchev–Trinajstić information content (AvgIpc) is 2.06. The predicted octanol–water partition coefficient (Wildman–Crippen LogP) is 1.07. The van der Waals surface area contributed by atoms with E-state index in [1.807, 2.05) is 0 Å². The maximum atomic E-state index is 9.84. The van der Waals surface area contributed by atoms with E-state index in [2.05, 4.69) is 11.8 Å². The largest absolute Gasteiger partial charge is 0.395 e. The van der Waals surface area contributed by atoms with Gasteiger partial charge in [-0.25, -0.2) is 0 Å². The second-order valence-corrected chi connectivity index (χ2v) is 3.37. The van der Waals surface area contributed by atoms with Gasteiger partial charge < -0.3 is 10.2 Å². The lowest BCUT2D eigenvalue weighted by atomic mass is 9.85. The van der Waals surface area contributed by atoms with Crippen LogP contribution in [0.15, 0.2) is 0 Å². The molecule has 0 radical (unpaired) electrons. The summed E-state index contributed by atoms with van der Waals surface area (Å²) in [5, 5.41) is 18.3. The summed E-state index contributed by atoms with van der Waals surface area (Å²) in [5.74, 6) is 5.64. The quantitative estimate of drug-likeness (QED) is 0.575. The van der Waals surface area contributed by atoms with Gasteiger partial charge in [0.25, 0.3) is 0 Å². The second kappa shape index (κ2) is 4.49. The van der Waals surface area contributed by atoms with Crippen LogP contribution in [0.25, 0.3) is 0 Å². The minimum atomic E-state index is -0.743. The molecule has 1 aliphatic rings. The van der Waals surface area contributed by atoms with Gasteiger partial charge in [0, 0.05) is 6.42 Å². The lowest BCUT2D eigenvalue weighted by Gasteiger charge is -2.26. The van der Waals surface area contributed by atoms with Gasteiger partial charge in [0.1, 0.15) is 5.60 Å². The normalized spacial score (nSPS) is 21.2. The molecule has 0 unspecified atom stereocenters. The van der Waals surface area contributed by atoms with Crippen molar-refractivity contribution >= 4 is 0 Å². The van der Waals surface area contributed by atoms with Gasteiger partial charge in [-0.15, -0.1) is 0 Å². The summed E-state index contributed by atoms with van der Waals surface area (Å²) in [6.07, 6.45) is 5.43. The maximum absolute atomic E-state index is 9.84. The van der Waals surface area contributed by atoms with Gasteiger partial charge in [-0.1, -0.05) is 18.3 Å². The Hall–Kier alpha value is -0.520. The van der Waals surface area contributed by atoms with Crippen molar-refractivity contribution in [1.82, 2.24) is 0 Å². The zero-order valence-corrected chi connectivity index (χ0v) is 7.34. The van der Waals surface area contributed by atoms with E-state index in [9.17, 15) is 5.11 Å². The molecule has 0 heterocycles. The van der Waals surface area contributed by atoms with Gasteiger partial charge >= 0.3 is 0 Å². The molecule has 0 aromatic carbocycles. The summed E-state index contributed by atoms with van der Waals surface area (Å²) in [6.45, 7) is 0.0864. The first-order valence-electron chi connectivity index (χ1n) is 4.60. The van der Waals surface area contributed by atoms with E-state index in [1.165, 1.54) is 6.42 Å². The van der Waals surface area contributed by atoms with Gasteiger partial charge in [0.2, 0.25) is 0 Å². The fourth-order valence-corrected chi connectivity index (χ4v) is 1.54. The molecule has 0 saturated heterocycles. The van der Waals surface area contributed by atoms with Crippen LogP contribution in [0.3, 0.4) is 0 Å². The zero-order chi connectivity index (χ0) is 8.86. The van der Waals surface area contributed by atoms with Crippen molar-refractivity contribution < 1.29 is 10.2 Å². The smallest absolute Gasteiger partial charge is 0.125 e. The lowest BCUT2D eigenvalue weighted by Crippen LogP contribution is -2.29.